The number of aromatic nitrogens is 1. The molecule has 0 aliphatic rings. The van der Waals surface area contributed by atoms with Gasteiger partial charge in [-0.2, -0.15) is 5.10 Å². The number of pyridine rings is 1. The first-order chi connectivity index (χ1) is 10.4. The number of halogens is 4. The van der Waals surface area contributed by atoms with Crippen molar-refractivity contribution in [3.8, 4) is 0 Å². The number of nitro benzene ring substituents is 1. The highest BCUT2D eigenvalue weighted by atomic mass is 35.5. The first-order valence-electron chi connectivity index (χ1n) is 5.63. The molecule has 0 spiro atoms. The molecule has 1 N–H and O–H groups in total. The van der Waals surface area contributed by atoms with Crippen molar-refractivity contribution in [2.45, 2.75) is 0 Å². The molecule has 0 saturated heterocycles. The lowest BCUT2D eigenvalue weighted by Crippen LogP contribution is -1.96. The van der Waals surface area contributed by atoms with E-state index in [0.29, 0.717) is 5.56 Å². The van der Waals surface area contributed by atoms with Crippen molar-refractivity contribution in [2.75, 3.05) is 5.43 Å². The third kappa shape index (κ3) is 3.98. The molecule has 2 aromatic rings. The maximum atomic E-state index is 10.8. The van der Waals surface area contributed by atoms with Gasteiger partial charge < -0.3 is 0 Å². The van der Waals surface area contributed by atoms with E-state index < -0.39 is 4.92 Å². The van der Waals surface area contributed by atoms with Crippen molar-refractivity contribution in [3.63, 3.8) is 0 Å². The topological polar surface area (TPSA) is 80.4 Å². The van der Waals surface area contributed by atoms with Gasteiger partial charge in [0.05, 0.1) is 21.2 Å². The summed E-state index contributed by atoms with van der Waals surface area (Å²) < 4.78 is 0. The van der Waals surface area contributed by atoms with Crippen LogP contribution in [0.15, 0.2) is 29.4 Å². The zero-order chi connectivity index (χ0) is 16.3. The molecule has 0 amide bonds. The van der Waals surface area contributed by atoms with Crippen LogP contribution in [0.3, 0.4) is 0 Å². The number of hydrogen-bond donors (Lipinski definition) is 1. The predicted molar refractivity (Wildman–Crippen MR) is 88.6 cm³/mol. The predicted octanol–water partition coefficient (Wildman–Crippen LogP) is 5.05. The zero-order valence-corrected chi connectivity index (χ0v) is 13.6. The summed E-state index contributed by atoms with van der Waals surface area (Å²) in [4.78, 5) is 14.1. The number of anilines is 1. The monoisotopic (exact) mass is 378 g/mol. The van der Waals surface area contributed by atoms with Crippen LogP contribution in [0.25, 0.3) is 0 Å². The van der Waals surface area contributed by atoms with Crippen molar-refractivity contribution in [3.05, 3.63) is 60.2 Å². The van der Waals surface area contributed by atoms with Gasteiger partial charge in [0.25, 0.3) is 5.69 Å². The molecule has 0 aliphatic carbocycles. The number of benzene rings is 1. The van der Waals surface area contributed by atoms with E-state index in [0.717, 1.165) is 0 Å². The standard InChI is InChI=1S/C12H6Cl4N4O2/c13-7-2-1-6(3-10(7)20(21)22)5-17-19-12-9(15)4-8(14)11(16)18-12/h1-5H,(H,18,19)/b17-5-. The molecular formula is C12H6Cl4N4O2. The molecule has 22 heavy (non-hydrogen) atoms. The van der Waals surface area contributed by atoms with Crippen LogP contribution in [-0.4, -0.2) is 16.1 Å². The minimum atomic E-state index is -0.579. The lowest BCUT2D eigenvalue weighted by atomic mass is 10.2. The van der Waals surface area contributed by atoms with E-state index in [2.05, 4.69) is 15.5 Å². The third-order valence-electron chi connectivity index (χ3n) is 2.44. The largest absolute Gasteiger partial charge is 0.288 e. The number of nitrogens with one attached hydrogen (secondary N) is 1. The Morgan fingerprint density at radius 3 is 2.55 bits per heavy atom. The molecule has 0 fully saturated rings. The average Bonchev–Trinajstić information content (AvgIpc) is 2.45. The summed E-state index contributed by atoms with van der Waals surface area (Å²) in [5.74, 6) is 0.204. The van der Waals surface area contributed by atoms with Gasteiger partial charge in [-0.1, -0.05) is 52.5 Å². The van der Waals surface area contributed by atoms with Gasteiger partial charge in [-0.25, -0.2) is 4.98 Å². The molecule has 2 rings (SSSR count). The molecule has 0 radical (unpaired) electrons. The van der Waals surface area contributed by atoms with Crippen LogP contribution < -0.4 is 5.43 Å². The summed E-state index contributed by atoms with van der Waals surface area (Å²) in [5, 5.41) is 15.2. The molecule has 1 heterocycles. The first kappa shape index (κ1) is 16.8. The number of nitro groups is 1. The smallest absolute Gasteiger partial charge is 0.260 e. The number of hydrogen-bond acceptors (Lipinski definition) is 5. The molecule has 0 bridgehead atoms. The van der Waals surface area contributed by atoms with E-state index in [-0.39, 0.29) is 31.7 Å². The molecule has 0 aliphatic heterocycles. The Hall–Kier alpha value is -1.60. The molecule has 1 aromatic heterocycles. The Morgan fingerprint density at radius 2 is 1.86 bits per heavy atom. The second-order valence-electron chi connectivity index (χ2n) is 3.93. The van der Waals surface area contributed by atoms with E-state index in [1.54, 1.807) is 6.07 Å². The van der Waals surface area contributed by atoms with Gasteiger partial charge in [-0.15, -0.1) is 0 Å². The minimum Gasteiger partial charge on any atom is -0.260 e. The highest BCUT2D eigenvalue weighted by Gasteiger charge is 2.12. The van der Waals surface area contributed by atoms with E-state index in [9.17, 15) is 10.1 Å². The summed E-state index contributed by atoms with van der Waals surface area (Å²) in [6.45, 7) is 0. The maximum Gasteiger partial charge on any atom is 0.288 e. The summed E-state index contributed by atoms with van der Waals surface area (Å²) in [6, 6.07) is 5.69. The number of hydrazone groups is 1. The van der Waals surface area contributed by atoms with Gasteiger partial charge in [0.2, 0.25) is 0 Å². The summed E-state index contributed by atoms with van der Waals surface area (Å²) in [6.07, 6.45) is 1.35. The number of rotatable bonds is 4. The summed E-state index contributed by atoms with van der Waals surface area (Å²) >= 11 is 23.2. The van der Waals surface area contributed by atoms with E-state index in [4.69, 9.17) is 46.4 Å². The van der Waals surface area contributed by atoms with Crippen molar-refractivity contribution >= 4 is 64.1 Å². The van der Waals surface area contributed by atoms with Crippen molar-refractivity contribution < 1.29 is 4.92 Å². The highest BCUT2D eigenvalue weighted by Crippen LogP contribution is 2.29. The van der Waals surface area contributed by atoms with Gasteiger partial charge in [0.1, 0.15) is 10.2 Å². The summed E-state index contributed by atoms with van der Waals surface area (Å²) in [5.41, 5.74) is 2.83. The van der Waals surface area contributed by atoms with E-state index in [1.165, 1.54) is 24.4 Å². The zero-order valence-electron chi connectivity index (χ0n) is 10.6. The van der Waals surface area contributed by atoms with Crippen LogP contribution >= 0.6 is 46.4 Å². The summed E-state index contributed by atoms with van der Waals surface area (Å²) in [7, 11) is 0. The van der Waals surface area contributed by atoms with Crippen LogP contribution in [0.5, 0.6) is 0 Å². The van der Waals surface area contributed by atoms with Crippen molar-refractivity contribution in [2.24, 2.45) is 5.10 Å². The van der Waals surface area contributed by atoms with Crippen LogP contribution in [-0.2, 0) is 0 Å². The third-order valence-corrected chi connectivity index (χ3v) is 3.72. The van der Waals surface area contributed by atoms with Crippen molar-refractivity contribution in [1.82, 2.24) is 4.98 Å². The Morgan fingerprint density at radius 1 is 1.14 bits per heavy atom. The Bertz CT molecular complexity index is 767. The second kappa shape index (κ2) is 7.11. The maximum absolute atomic E-state index is 10.8. The first-order valence-corrected chi connectivity index (χ1v) is 7.14. The fourth-order valence-electron chi connectivity index (χ4n) is 1.44. The fourth-order valence-corrected chi connectivity index (χ4v) is 2.17. The minimum absolute atomic E-state index is 0.0457. The fraction of sp³-hybridized carbons (Fsp3) is 0. The van der Waals surface area contributed by atoms with Crippen LogP contribution in [0.4, 0.5) is 11.5 Å². The molecular weight excluding hydrogens is 374 g/mol. The molecule has 0 saturated carbocycles. The normalized spacial score (nSPS) is 10.9. The quantitative estimate of drug-likeness (QED) is 0.349. The second-order valence-corrected chi connectivity index (χ2v) is 5.51. The lowest BCUT2D eigenvalue weighted by Gasteiger charge is -2.04. The SMILES string of the molecule is O=[N+]([O-])c1cc(/C=N\Nc2nc(Cl)c(Cl)cc2Cl)ccc1Cl. The lowest BCUT2D eigenvalue weighted by molar-refractivity contribution is -0.384. The molecule has 114 valence electrons. The molecule has 1 aromatic carbocycles. The van der Waals surface area contributed by atoms with Gasteiger partial charge in [-0.05, 0) is 12.1 Å². The van der Waals surface area contributed by atoms with Crippen LogP contribution in [0.2, 0.25) is 20.2 Å². The highest BCUT2D eigenvalue weighted by molar-refractivity contribution is 6.42. The van der Waals surface area contributed by atoms with E-state index >= 15 is 0 Å². The van der Waals surface area contributed by atoms with Crippen LogP contribution in [0.1, 0.15) is 5.56 Å². The van der Waals surface area contributed by atoms with E-state index in [1.807, 2.05) is 0 Å². The van der Waals surface area contributed by atoms with Gasteiger partial charge in [0, 0.05) is 11.6 Å². The van der Waals surface area contributed by atoms with Gasteiger partial charge in [-0.3, -0.25) is 15.5 Å². The Kier molecular flexibility index (Phi) is 5.42. The Balaban J connectivity index is 2.18. The van der Waals surface area contributed by atoms with Gasteiger partial charge >= 0.3 is 0 Å². The molecule has 0 atom stereocenters. The average molecular weight is 380 g/mol. The molecule has 10 heteroatoms. The number of nitrogens with zero attached hydrogens (tertiary/aromatic N) is 3. The molecule has 6 nitrogen and oxygen atoms in total. The molecule has 0 unspecified atom stereocenters. The van der Waals surface area contributed by atoms with Crippen molar-refractivity contribution in [1.29, 1.82) is 0 Å². The van der Waals surface area contributed by atoms with Crippen LogP contribution in [0, 0.1) is 10.1 Å². The Labute approximate surface area is 144 Å². The van der Waals surface area contributed by atoms with Gasteiger partial charge in [0.15, 0.2) is 5.82 Å².